The highest BCUT2D eigenvalue weighted by molar-refractivity contribution is 5.53. The molecule has 2 unspecified atom stereocenters. The predicted octanol–water partition coefficient (Wildman–Crippen LogP) is 2.06. The minimum absolute atomic E-state index is 0.133. The second-order valence-corrected chi connectivity index (χ2v) is 4.85. The maximum atomic E-state index is 5.69. The molecule has 0 fully saturated rings. The number of nitrogens with zero attached hydrogens (tertiary/aromatic N) is 3. The van der Waals surface area contributed by atoms with Crippen molar-refractivity contribution in [3.8, 4) is 0 Å². The van der Waals surface area contributed by atoms with Crippen LogP contribution in [0.25, 0.3) is 5.52 Å². The first-order valence-corrected chi connectivity index (χ1v) is 6.49. The van der Waals surface area contributed by atoms with Crippen molar-refractivity contribution in [2.45, 2.75) is 39.2 Å². The van der Waals surface area contributed by atoms with Crippen molar-refractivity contribution in [1.29, 1.82) is 0 Å². The van der Waals surface area contributed by atoms with Crippen molar-refractivity contribution in [2.75, 3.05) is 0 Å². The lowest BCUT2D eigenvalue weighted by Gasteiger charge is -2.19. The van der Waals surface area contributed by atoms with Gasteiger partial charge in [0.25, 0.3) is 0 Å². The Labute approximate surface area is 107 Å². The lowest BCUT2D eigenvalue weighted by atomic mass is 9.94. The van der Waals surface area contributed by atoms with Gasteiger partial charge in [-0.3, -0.25) is 16.3 Å². The van der Waals surface area contributed by atoms with Crippen LogP contribution in [0.1, 0.15) is 44.7 Å². The van der Waals surface area contributed by atoms with Gasteiger partial charge in [-0.15, -0.1) is 0 Å². The molecule has 98 valence electrons. The zero-order valence-corrected chi connectivity index (χ0v) is 11.0. The molecule has 18 heavy (non-hydrogen) atoms. The number of nitrogens with one attached hydrogen (secondary N) is 1. The van der Waals surface area contributed by atoms with Gasteiger partial charge in [-0.25, -0.2) is 4.52 Å². The summed E-state index contributed by atoms with van der Waals surface area (Å²) in [6, 6.07) is 0.133. The number of rotatable bonds is 6. The summed E-state index contributed by atoms with van der Waals surface area (Å²) in [5.74, 6) is 6.33. The third-order valence-corrected chi connectivity index (χ3v) is 3.35. The smallest absolute Gasteiger partial charge is 0.0893 e. The molecule has 3 N–H and O–H groups in total. The van der Waals surface area contributed by atoms with Crippen LogP contribution in [0.4, 0.5) is 0 Å². The molecule has 2 atom stereocenters. The van der Waals surface area contributed by atoms with Crippen LogP contribution in [0.5, 0.6) is 0 Å². The second-order valence-electron chi connectivity index (χ2n) is 4.85. The van der Waals surface area contributed by atoms with Gasteiger partial charge in [0.2, 0.25) is 0 Å². The molecular weight excluding hydrogens is 226 g/mol. The number of hydrogen-bond donors (Lipinski definition) is 2. The molecule has 2 aromatic heterocycles. The molecule has 0 radical (unpaired) electrons. The van der Waals surface area contributed by atoms with Crippen LogP contribution >= 0.6 is 0 Å². The highest BCUT2D eigenvalue weighted by atomic mass is 15.3. The van der Waals surface area contributed by atoms with Gasteiger partial charge in [0.05, 0.1) is 24.0 Å². The molecule has 5 heteroatoms. The maximum Gasteiger partial charge on any atom is 0.0893 e. The Hall–Kier alpha value is -1.46. The zero-order chi connectivity index (χ0) is 13.0. The van der Waals surface area contributed by atoms with Crippen LogP contribution in [0, 0.1) is 5.92 Å². The summed E-state index contributed by atoms with van der Waals surface area (Å²) in [6.07, 6.45) is 10.7. The Morgan fingerprint density at radius 2 is 2.28 bits per heavy atom. The van der Waals surface area contributed by atoms with E-state index >= 15 is 0 Å². The fraction of sp³-hybridized carbons (Fsp3) is 0.538. The molecule has 0 aromatic carbocycles. The minimum Gasteiger partial charge on any atom is -0.271 e. The SMILES string of the molecule is CCCC(C)CC(NN)c1cnn2ccncc12. The van der Waals surface area contributed by atoms with Gasteiger partial charge in [-0.1, -0.05) is 26.7 Å². The first-order valence-electron chi connectivity index (χ1n) is 6.49. The number of fused-ring (bicyclic) bond motifs is 1. The van der Waals surface area contributed by atoms with Gasteiger partial charge in [-0.2, -0.15) is 5.10 Å². The minimum atomic E-state index is 0.133. The Balaban J connectivity index is 2.21. The maximum absolute atomic E-state index is 5.69. The number of nitrogens with two attached hydrogens (primary N) is 1. The van der Waals surface area contributed by atoms with Crippen LogP contribution in [0.2, 0.25) is 0 Å². The largest absolute Gasteiger partial charge is 0.271 e. The number of aromatic nitrogens is 3. The quantitative estimate of drug-likeness (QED) is 0.605. The van der Waals surface area contributed by atoms with Crippen molar-refractivity contribution in [1.82, 2.24) is 20.0 Å². The van der Waals surface area contributed by atoms with E-state index in [1.807, 2.05) is 23.1 Å². The monoisotopic (exact) mass is 247 g/mol. The molecule has 0 aliphatic rings. The van der Waals surface area contributed by atoms with E-state index in [1.165, 1.54) is 12.8 Å². The summed E-state index contributed by atoms with van der Waals surface area (Å²) in [5, 5.41) is 4.32. The molecule has 2 heterocycles. The molecule has 0 aliphatic carbocycles. The van der Waals surface area contributed by atoms with Crippen molar-refractivity contribution >= 4 is 5.52 Å². The molecule has 0 bridgehead atoms. The van der Waals surface area contributed by atoms with Crippen LogP contribution in [-0.4, -0.2) is 14.6 Å². The third-order valence-electron chi connectivity index (χ3n) is 3.35. The lowest BCUT2D eigenvalue weighted by Crippen LogP contribution is -2.29. The molecular formula is C13H21N5. The highest BCUT2D eigenvalue weighted by Gasteiger charge is 2.17. The van der Waals surface area contributed by atoms with Crippen LogP contribution in [-0.2, 0) is 0 Å². The fourth-order valence-electron chi connectivity index (χ4n) is 2.42. The summed E-state index contributed by atoms with van der Waals surface area (Å²) < 4.78 is 1.83. The molecule has 0 saturated heterocycles. The molecule has 2 aromatic rings. The van der Waals surface area contributed by atoms with Gasteiger partial charge >= 0.3 is 0 Å². The van der Waals surface area contributed by atoms with Crippen molar-refractivity contribution in [2.24, 2.45) is 11.8 Å². The van der Waals surface area contributed by atoms with Gasteiger partial charge in [0, 0.05) is 18.0 Å². The fourth-order valence-corrected chi connectivity index (χ4v) is 2.42. The predicted molar refractivity (Wildman–Crippen MR) is 71.7 cm³/mol. The number of hydrazine groups is 1. The van der Waals surface area contributed by atoms with E-state index in [0.717, 1.165) is 17.5 Å². The van der Waals surface area contributed by atoms with Crippen LogP contribution in [0.15, 0.2) is 24.8 Å². The van der Waals surface area contributed by atoms with E-state index in [0.29, 0.717) is 5.92 Å². The first kappa shape index (κ1) is 13.0. The van der Waals surface area contributed by atoms with Crippen molar-refractivity contribution < 1.29 is 0 Å². The van der Waals surface area contributed by atoms with E-state index < -0.39 is 0 Å². The summed E-state index contributed by atoms with van der Waals surface area (Å²) in [7, 11) is 0. The highest BCUT2D eigenvalue weighted by Crippen LogP contribution is 2.25. The van der Waals surface area contributed by atoms with Crippen LogP contribution in [0.3, 0.4) is 0 Å². The van der Waals surface area contributed by atoms with E-state index in [-0.39, 0.29) is 6.04 Å². The Kier molecular flexibility index (Phi) is 4.28. The molecule has 0 spiro atoms. The Bertz CT molecular complexity index is 493. The Morgan fingerprint density at radius 1 is 1.44 bits per heavy atom. The van der Waals surface area contributed by atoms with Crippen LogP contribution < -0.4 is 11.3 Å². The number of hydrogen-bond acceptors (Lipinski definition) is 4. The average molecular weight is 247 g/mol. The van der Waals surface area contributed by atoms with E-state index in [2.05, 4.69) is 29.4 Å². The van der Waals surface area contributed by atoms with Gasteiger partial charge < -0.3 is 0 Å². The van der Waals surface area contributed by atoms with Crippen molar-refractivity contribution in [3.05, 3.63) is 30.4 Å². The van der Waals surface area contributed by atoms with E-state index in [1.54, 1.807) is 6.20 Å². The molecule has 0 aliphatic heterocycles. The third kappa shape index (κ3) is 2.68. The zero-order valence-electron chi connectivity index (χ0n) is 11.0. The van der Waals surface area contributed by atoms with Gasteiger partial charge in [-0.05, 0) is 12.3 Å². The first-order chi connectivity index (χ1) is 8.76. The second kappa shape index (κ2) is 5.93. The summed E-state index contributed by atoms with van der Waals surface area (Å²) in [4.78, 5) is 4.15. The molecule has 2 rings (SSSR count). The lowest BCUT2D eigenvalue weighted by molar-refractivity contribution is 0.396. The van der Waals surface area contributed by atoms with E-state index in [4.69, 9.17) is 5.84 Å². The molecule has 5 nitrogen and oxygen atoms in total. The average Bonchev–Trinajstić information content (AvgIpc) is 2.80. The van der Waals surface area contributed by atoms with Crippen molar-refractivity contribution in [3.63, 3.8) is 0 Å². The normalized spacial score (nSPS) is 14.8. The van der Waals surface area contributed by atoms with E-state index in [9.17, 15) is 0 Å². The molecule has 0 saturated carbocycles. The van der Waals surface area contributed by atoms with Gasteiger partial charge in [0.15, 0.2) is 0 Å². The standard InChI is InChI=1S/C13H21N5/c1-3-4-10(2)7-12(17-14)11-8-16-18-6-5-15-9-13(11)18/h5-6,8-10,12,17H,3-4,7,14H2,1-2H3. The summed E-state index contributed by atoms with van der Waals surface area (Å²) in [5.41, 5.74) is 5.04. The summed E-state index contributed by atoms with van der Waals surface area (Å²) in [6.45, 7) is 4.47. The van der Waals surface area contributed by atoms with Gasteiger partial charge in [0.1, 0.15) is 0 Å². The Morgan fingerprint density at radius 3 is 3.00 bits per heavy atom. The molecule has 0 amide bonds. The topological polar surface area (TPSA) is 68.2 Å². The summed E-state index contributed by atoms with van der Waals surface area (Å²) >= 11 is 0.